The van der Waals surface area contributed by atoms with E-state index in [9.17, 15) is 20.4 Å². The maximum atomic E-state index is 9.65. The van der Waals surface area contributed by atoms with Crippen LogP contribution in [0.4, 0.5) is 0 Å². The van der Waals surface area contributed by atoms with E-state index in [-0.39, 0.29) is 56.6 Å². The van der Waals surface area contributed by atoms with Crippen LogP contribution in [0.2, 0.25) is 0 Å². The zero-order valence-electron chi connectivity index (χ0n) is 16.8. The summed E-state index contributed by atoms with van der Waals surface area (Å²) in [6, 6.07) is -0.339. The second kappa shape index (κ2) is 11.0. The van der Waals surface area contributed by atoms with E-state index >= 15 is 0 Å². The van der Waals surface area contributed by atoms with Crippen molar-refractivity contribution >= 4 is 0 Å². The molecule has 8 nitrogen and oxygen atoms in total. The molecule has 0 bridgehead atoms. The Morgan fingerprint density at radius 2 is 0.852 bits per heavy atom. The number of hydrogen-bond acceptors (Lipinski definition) is 8. The lowest BCUT2D eigenvalue weighted by Gasteiger charge is -2.46. The molecular weight excluding hydrogens is 352 g/mol. The zero-order chi connectivity index (χ0) is 20.3. The smallest absolute Gasteiger partial charge is 0.0979 e. The first-order valence-electron chi connectivity index (χ1n) is 9.39. The van der Waals surface area contributed by atoms with Crippen LogP contribution in [0.1, 0.15) is 35.1 Å². The summed E-state index contributed by atoms with van der Waals surface area (Å²) in [5.41, 5.74) is 0. The van der Waals surface area contributed by atoms with Crippen LogP contribution in [0.25, 0.3) is 0 Å². The highest BCUT2D eigenvalue weighted by Crippen LogP contribution is 2.27. The topological polar surface area (TPSA) is 128 Å². The SMILES string of the molecule is C.CC1C(O)[C@@H](O)C(CO)N(C)[C@@H]1C.CC1C(O)[C@@H](O)C(CO)N(C)[C@@H]1C. The van der Waals surface area contributed by atoms with Crippen molar-refractivity contribution in [2.45, 2.75) is 83.7 Å². The highest BCUT2D eigenvalue weighted by molar-refractivity contribution is 4.96. The van der Waals surface area contributed by atoms with Crippen LogP contribution in [0.15, 0.2) is 0 Å². The normalized spacial score (nSPS) is 46.2. The molecule has 2 heterocycles. The number of piperidine rings is 2. The van der Waals surface area contributed by atoms with Gasteiger partial charge in [0.25, 0.3) is 0 Å². The summed E-state index contributed by atoms with van der Waals surface area (Å²) in [4.78, 5) is 3.84. The van der Waals surface area contributed by atoms with Crippen molar-refractivity contribution < 1.29 is 30.6 Å². The first-order chi connectivity index (χ1) is 12.0. The van der Waals surface area contributed by atoms with E-state index in [1.165, 1.54) is 0 Å². The Hall–Kier alpha value is -0.320. The molecule has 6 unspecified atom stereocenters. The van der Waals surface area contributed by atoms with Gasteiger partial charge < -0.3 is 30.6 Å². The van der Waals surface area contributed by atoms with Crippen molar-refractivity contribution in [2.75, 3.05) is 27.3 Å². The van der Waals surface area contributed by atoms with Crippen LogP contribution in [0.5, 0.6) is 0 Å². The summed E-state index contributed by atoms with van der Waals surface area (Å²) in [6.45, 7) is 7.55. The number of nitrogens with zero attached hydrogens (tertiary/aromatic N) is 2. The summed E-state index contributed by atoms with van der Waals surface area (Å²) in [5, 5.41) is 56.7. The molecule has 0 aromatic heterocycles. The largest absolute Gasteiger partial charge is 0.395 e. The first kappa shape index (κ1) is 26.7. The zero-order valence-corrected chi connectivity index (χ0v) is 16.8. The molecule has 0 amide bonds. The van der Waals surface area contributed by atoms with Crippen LogP contribution in [0, 0.1) is 11.8 Å². The van der Waals surface area contributed by atoms with E-state index in [2.05, 4.69) is 0 Å². The third kappa shape index (κ3) is 5.39. The molecule has 8 heteroatoms. The Morgan fingerprint density at radius 1 is 0.593 bits per heavy atom. The summed E-state index contributed by atoms with van der Waals surface area (Å²) in [7, 11) is 3.72. The van der Waals surface area contributed by atoms with Crippen molar-refractivity contribution in [2.24, 2.45) is 11.8 Å². The van der Waals surface area contributed by atoms with Gasteiger partial charge >= 0.3 is 0 Å². The van der Waals surface area contributed by atoms with Gasteiger partial charge in [-0.25, -0.2) is 0 Å². The van der Waals surface area contributed by atoms with E-state index in [0.29, 0.717) is 0 Å². The molecular formula is C19H42N2O6. The van der Waals surface area contributed by atoms with Crippen LogP contribution >= 0.6 is 0 Å². The summed E-state index contributed by atoms with van der Waals surface area (Å²) < 4.78 is 0. The highest BCUT2D eigenvalue weighted by Gasteiger charge is 2.43. The van der Waals surface area contributed by atoms with Crippen molar-refractivity contribution in [1.29, 1.82) is 0 Å². The average molecular weight is 395 g/mol. The summed E-state index contributed by atoms with van der Waals surface area (Å²) >= 11 is 0. The molecule has 2 aliphatic rings. The van der Waals surface area contributed by atoms with Gasteiger partial charge in [-0.2, -0.15) is 0 Å². The minimum Gasteiger partial charge on any atom is -0.395 e. The van der Waals surface area contributed by atoms with Crippen LogP contribution < -0.4 is 0 Å². The number of hydrogen-bond donors (Lipinski definition) is 6. The average Bonchev–Trinajstić information content (AvgIpc) is 2.63. The monoisotopic (exact) mass is 394 g/mol. The molecule has 164 valence electrons. The Labute approximate surface area is 164 Å². The predicted molar refractivity (Wildman–Crippen MR) is 105 cm³/mol. The molecule has 0 radical (unpaired) electrons. The Kier molecular flexibility index (Phi) is 10.9. The molecule has 0 aliphatic carbocycles. The van der Waals surface area contributed by atoms with Gasteiger partial charge in [-0.3, -0.25) is 9.80 Å². The van der Waals surface area contributed by atoms with E-state index in [0.717, 1.165) is 0 Å². The van der Waals surface area contributed by atoms with Crippen LogP contribution in [-0.4, -0.2) is 116 Å². The summed E-state index contributed by atoms with van der Waals surface area (Å²) in [5.74, 6) is 0.0607. The standard InChI is InChI=1S/2C9H19NO3.CH4/c2*1-5-6(2)10(3)7(4-11)9(13)8(5)12;/h2*5-9,11-13H,4H2,1-3H3;1H4/t2*5?,6-,7?,8?,9+;/m11./s1. The lowest BCUT2D eigenvalue weighted by molar-refractivity contribution is -0.128. The number of likely N-dealkylation sites (tertiary alicyclic amines) is 2. The van der Waals surface area contributed by atoms with E-state index in [1.54, 1.807) is 0 Å². The maximum absolute atomic E-state index is 9.65. The van der Waals surface area contributed by atoms with E-state index in [1.807, 2.05) is 51.6 Å². The Morgan fingerprint density at radius 3 is 1.07 bits per heavy atom. The van der Waals surface area contributed by atoms with Gasteiger partial charge in [0.2, 0.25) is 0 Å². The van der Waals surface area contributed by atoms with Crippen LogP contribution in [0.3, 0.4) is 0 Å². The second-order valence-electron chi connectivity index (χ2n) is 7.99. The molecule has 0 saturated carbocycles. The quantitative estimate of drug-likeness (QED) is 0.342. The van der Waals surface area contributed by atoms with Gasteiger partial charge in [0.1, 0.15) is 0 Å². The molecule has 0 aromatic rings. The number of aliphatic hydroxyl groups is 6. The fourth-order valence-electron chi connectivity index (χ4n) is 3.95. The molecule has 2 saturated heterocycles. The van der Waals surface area contributed by atoms with Gasteiger partial charge in [-0.05, 0) is 39.8 Å². The molecule has 0 aromatic carbocycles. The maximum Gasteiger partial charge on any atom is 0.0979 e. The van der Waals surface area contributed by atoms with Crippen molar-refractivity contribution in [3.05, 3.63) is 0 Å². The predicted octanol–water partition coefficient (Wildman–Crippen LogP) is -1.29. The fourth-order valence-corrected chi connectivity index (χ4v) is 3.95. The van der Waals surface area contributed by atoms with Gasteiger partial charge in [0.15, 0.2) is 0 Å². The molecule has 6 N–H and O–H groups in total. The van der Waals surface area contributed by atoms with Crippen molar-refractivity contribution in [3.8, 4) is 0 Å². The van der Waals surface area contributed by atoms with E-state index < -0.39 is 24.4 Å². The number of rotatable bonds is 2. The Balaban J connectivity index is 0.000000483. The molecule has 2 rings (SSSR count). The van der Waals surface area contributed by atoms with Crippen molar-refractivity contribution in [1.82, 2.24) is 9.80 Å². The third-order valence-corrected chi connectivity index (χ3v) is 6.79. The first-order valence-corrected chi connectivity index (χ1v) is 9.39. The van der Waals surface area contributed by atoms with E-state index in [4.69, 9.17) is 10.2 Å². The minimum atomic E-state index is -0.846. The Bertz CT molecular complexity index is 359. The number of aliphatic hydroxyl groups excluding tert-OH is 6. The minimum absolute atomic E-state index is 0. The van der Waals surface area contributed by atoms with Crippen LogP contribution in [-0.2, 0) is 0 Å². The molecule has 2 fully saturated rings. The lowest BCUT2D eigenvalue weighted by Crippen LogP contribution is -2.62. The van der Waals surface area contributed by atoms with Gasteiger partial charge in [0.05, 0.1) is 49.7 Å². The lowest BCUT2D eigenvalue weighted by atomic mass is 9.83. The van der Waals surface area contributed by atoms with Gasteiger partial charge in [-0.15, -0.1) is 0 Å². The highest BCUT2D eigenvalue weighted by atomic mass is 16.3. The fraction of sp³-hybridized carbons (Fsp3) is 1.00. The molecule has 27 heavy (non-hydrogen) atoms. The van der Waals surface area contributed by atoms with Gasteiger partial charge in [-0.1, -0.05) is 21.3 Å². The number of likely N-dealkylation sites (N-methyl/N-ethyl adjacent to an activating group) is 2. The summed E-state index contributed by atoms with van der Waals surface area (Å²) in [6.07, 6.45) is -3.16. The molecule has 2 aliphatic heterocycles. The second-order valence-corrected chi connectivity index (χ2v) is 7.99. The third-order valence-electron chi connectivity index (χ3n) is 6.79. The van der Waals surface area contributed by atoms with Crippen molar-refractivity contribution in [3.63, 3.8) is 0 Å². The van der Waals surface area contributed by atoms with Gasteiger partial charge in [0, 0.05) is 12.1 Å². The molecule has 10 atom stereocenters. The molecule has 0 spiro atoms.